The molecule has 0 radical (unpaired) electrons. The molecule has 1 amide bonds. The summed E-state index contributed by atoms with van der Waals surface area (Å²) < 4.78 is 0. The summed E-state index contributed by atoms with van der Waals surface area (Å²) in [5.74, 6) is 1.57. The Morgan fingerprint density at radius 2 is 2.37 bits per heavy atom. The van der Waals surface area contributed by atoms with Crippen LogP contribution in [0.15, 0.2) is 18.3 Å². The van der Waals surface area contributed by atoms with Crippen LogP contribution in [0.2, 0.25) is 0 Å². The van der Waals surface area contributed by atoms with E-state index in [1.54, 1.807) is 12.3 Å². The van der Waals surface area contributed by atoms with Gasteiger partial charge in [-0.1, -0.05) is 13.3 Å². The molecule has 0 aliphatic carbocycles. The average Bonchev–Trinajstić information content (AvgIpc) is 2.47. The van der Waals surface area contributed by atoms with Gasteiger partial charge in [0.15, 0.2) is 0 Å². The first-order valence-corrected chi connectivity index (χ1v) is 7.23. The number of rotatable bonds is 4. The van der Waals surface area contributed by atoms with Crippen molar-refractivity contribution in [2.24, 2.45) is 5.92 Å². The number of amides is 1. The Hall–Kier alpha value is -1.58. The van der Waals surface area contributed by atoms with E-state index in [0.717, 1.165) is 43.9 Å². The van der Waals surface area contributed by atoms with Crippen LogP contribution in [-0.2, 0) is 0 Å². The van der Waals surface area contributed by atoms with Crippen molar-refractivity contribution in [1.82, 2.24) is 9.88 Å². The number of carbonyl (C=O) groups excluding carboxylic acids is 1. The number of hydrogen-bond acceptors (Lipinski definition) is 3. The molecule has 4 nitrogen and oxygen atoms in total. The third kappa shape index (κ3) is 3.46. The Morgan fingerprint density at radius 3 is 3.11 bits per heavy atom. The van der Waals surface area contributed by atoms with Crippen LogP contribution in [0, 0.1) is 5.92 Å². The number of carbonyl (C=O) groups is 1. The van der Waals surface area contributed by atoms with E-state index >= 15 is 0 Å². The van der Waals surface area contributed by atoms with Crippen LogP contribution in [0.25, 0.3) is 0 Å². The second kappa shape index (κ2) is 6.55. The van der Waals surface area contributed by atoms with Crippen molar-refractivity contribution in [3.8, 4) is 0 Å². The third-order valence-corrected chi connectivity index (χ3v) is 3.75. The number of aromatic nitrogens is 1. The van der Waals surface area contributed by atoms with Crippen molar-refractivity contribution in [3.63, 3.8) is 0 Å². The molecule has 1 aliphatic heterocycles. The standard InChI is InChI=1S/C15H23N3O/c1-3-12-6-5-9-18(11-12)15(19)13-7-8-17-14(10-13)16-4-2/h7-8,10,12H,3-6,9,11H2,1-2H3,(H,16,17). The lowest BCUT2D eigenvalue weighted by molar-refractivity contribution is 0.0671. The molecule has 1 aromatic heterocycles. The number of anilines is 1. The fraction of sp³-hybridized carbons (Fsp3) is 0.600. The van der Waals surface area contributed by atoms with Gasteiger partial charge in [-0.2, -0.15) is 0 Å². The fourth-order valence-corrected chi connectivity index (χ4v) is 2.61. The normalized spacial score (nSPS) is 19.3. The summed E-state index contributed by atoms with van der Waals surface area (Å²) in [4.78, 5) is 18.7. The van der Waals surface area contributed by atoms with Crippen LogP contribution in [-0.4, -0.2) is 35.4 Å². The van der Waals surface area contributed by atoms with Gasteiger partial charge in [-0.25, -0.2) is 4.98 Å². The smallest absolute Gasteiger partial charge is 0.254 e. The third-order valence-electron chi connectivity index (χ3n) is 3.75. The Morgan fingerprint density at radius 1 is 1.53 bits per heavy atom. The largest absolute Gasteiger partial charge is 0.370 e. The highest BCUT2D eigenvalue weighted by atomic mass is 16.2. The molecule has 1 saturated heterocycles. The summed E-state index contributed by atoms with van der Waals surface area (Å²) in [6.45, 7) is 6.82. The van der Waals surface area contributed by atoms with Crippen LogP contribution in [0.3, 0.4) is 0 Å². The topological polar surface area (TPSA) is 45.2 Å². The van der Waals surface area contributed by atoms with Gasteiger partial charge in [0.05, 0.1) is 0 Å². The molecular formula is C15H23N3O. The molecule has 0 saturated carbocycles. The van der Waals surface area contributed by atoms with Crippen molar-refractivity contribution in [3.05, 3.63) is 23.9 Å². The molecule has 1 fully saturated rings. The number of piperidine rings is 1. The van der Waals surface area contributed by atoms with E-state index in [4.69, 9.17) is 0 Å². The fourth-order valence-electron chi connectivity index (χ4n) is 2.61. The first kappa shape index (κ1) is 13.8. The molecule has 19 heavy (non-hydrogen) atoms. The van der Waals surface area contributed by atoms with Gasteiger partial charge in [0.2, 0.25) is 0 Å². The maximum absolute atomic E-state index is 12.5. The van der Waals surface area contributed by atoms with Gasteiger partial charge in [-0.15, -0.1) is 0 Å². The Labute approximate surface area is 115 Å². The maximum atomic E-state index is 12.5. The van der Waals surface area contributed by atoms with Gasteiger partial charge < -0.3 is 10.2 Å². The Balaban J connectivity index is 2.08. The van der Waals surface area contributed by atoms with E-state index in [-0.39, 0.29) is 5.91 Å². The SMILES string of the molecule is CCNc1cc(C(=O)N2CCCC(CC)C2)ccn1. The van der Waals surface area contributed by atoms with E-state index in [1.165, 1.54) is 6.42 Å². The zero-order valence-corrected chi connectivity index (χ0v) is 11.9. The first-order valence-electron chi connectivity index (χ1n) is 7.23. The maximum Gasteiger partial charge on any atom is 0.254 e. The molecular weight excluding hydrogens is 238 g/mol. The highest BCUT2D eigenvalue weighted by Gasteiger charge is 2.23. The predicted octanol–water partition coefficient (Wildman–Crippen LogP) is 2.78. The summed E-state index contributed by atoms with van der Waals surface area (Å²) in [7, 11) is 0. The van der Waals surface area contributed by atoms with Crippen LogP contribution in [0.4, 0.5) is 5.82 Å². The zero-order chi connectivity index (χ0) is 13.7. The number of pyridine rings is 1. The van der Waals surface area contributed by atoms with E-state index < -0.39 is 0 Å². The minimum absolute atomic E-state index is 0.139. The van der Waals surface area contributed by atoms with Gasteiger partial charge >= 0.3 is 0 Å². The highest BCUT2D eigenvalue weighted by molar-refractivity contribution is 5.94. The lowest BCUT2D eigenvalue weighted by Crippen LogP contribution is -2.39. The van der Waals surface area contributed by atoms with Crippen LogP contribution >= 0.6 is 0 Å². The molecule has 4 heteroatoms. The van der Waals surface area contributed by atoms with Gasteiger partial charge in [-0.3, -0.25) is 4.79 Å². The Kier molecular flexibility index (Phi) is 4.77. The lowest BCUT2D eigenvalue weighted by Gasteiger charge is -2.32. The molecule has 0 aromatic carbocycles. The number of nitrogens with one attached hydrogen (secondary N) is 1. The van der Waals surface area contributed by atoms with Gasteiger partial charge in [-0.05, 0) is 37.8 Å². The quantitative estimate of drug-likeness (QED) is 0.906. The number of hydrogen-bond donors (Lipinski definition) is 1. The summed E-state index contributed by atoms with van der Waals surface area (Å²) in [5, 5.41) is 3.14. The summed E-state index contributed by atoms with van der Waals surface area (Å²) >= 11 is 0. The molecule has 1 atom stereocenters. The zero-order valence-electron chi connectivity index (χ0n) is 11.9. The average molecular weight is 261 g/mol. The molecule has 1 aromatic rings. The van der Waals surface area contributed by atoms with Gasteiger partial charge in [0, 0.05) is 31.4 Å². The molecule has 2 rings (SSSR count). The van der Waals surface area contributed by atoms with Crippen molar-refractivity contribution in [2.45, 2.75) is 33.1 Å². The second-order valence-electron chi connectivity index (χ2n) is 5.13. The van der Waals surface area contributed by atoms with E-state index in [1.807, 2.05) is 17.9 Å². The van der Waals surface area contributed by atoms with E-state index in [0.29, 0.717) is 5.92 Å². The summed E-state index contributed by atoms with van der Waals surface area (Å²) in [6.07, 6.45) is 5.23. The monoisotopic (exact) mass is 261 g/mol. The van der Waals surface area contributed by atoms with Gasteiger partial charge in [0.25, 0.3) is 5.91 Å². The highest BCUT2D eigenvalue weighted by Crippen LogP contribution is 2.21. The molecule has 1 N–H and O–H groups in total. The van der Waals surface area contributed by atoms with Crippen molar-refractivity contribution >= 4 is 11.7 Å². The molecule has 1 unspecified atom stereocenters. The molecule has 0 bridgehead atoms. The van der Waals surface area contributed by atoms with Crippen LogP contribution in [0.1, 0.15) is 43.5 Å². The molecule has 0 spiro atoms. The minimum atomic E-state index is 0.139. The van der Waals surface area contributed by atoms with Crippen molar-refractivity contribution in [1.29, 1.82) is 0 Å². The second-order valence-corrected chi connectivity index (χ2v) is 5.13. The van der Waals surface area contributed by atoms with E-state index in [2.05, 4.69) is 17.2 Å². The van der Waals surface area contributed by atoms with E-state index in [9.17, 15) is 4.79 Å². The minimum Gasteiger partial charge on any atom is -0.370 e. The first-order chi connectivity index (χ1) is 9.24. The number of likely N-dealkylation sites (tertiary alicyclic amines) is 1. The molecule has 1 aliphatic rings. The Bertz CT molecular complexity index is 433. The summed E-state index contributed by atoms with van der Waals surface area (Å²) in [6, 6.07) is 3.65. The predicted molar refractivity (Wildman–Crippen MR) is 77.3 cm³/mol. The van der Waals surface area contributed by atoms with Gasteiger partial charge in [0.1, 0.15) is 5.82 Å². The van der Waals surface area contributed by atoms with Crippen molar-refractivity contribution in [2.75, 3.05) is 25.0 Å². The number of nitrogens with zero attached hydrogens (tertiary/aromatic N) is 2. The van der Waals surface area contributed by atoms with Crippen molar-refractivity contribution < 1.29 is 4.79 Å². The lowest BCUT2D eigenvalue weighted by atomic mass is 9.95. The molecule has 2 heterocycles. The van der Waals surface area contributed by atoms with Crippen LogP contribution in [0.5, 0.6) is 0 Å². The van der Waals surface area contributed by atoms with Crippen LogP contribution < -0.4 is 5.32 Å². The summed E-state index contributed by atoms with van der Waals surface area (Å²) in [5.41, 5.74) is 0.739. The molecule has 104 valence electrons.